The van der Waals surface area contributed by atoms with Crippen LogP contribution in [-0.4, -0.2) is 28.0 Å². The Morgan fingerprint density at radius 3 is 2.34 bits per heavy atom. The lowest BCUT2D eigenvalue weighted by molar-refractivity contribution is -0.118. The van der Waals surface area contributed by atoms with Gasteiger partial charge in [-0.2, -0.15) is 0 Å². The third kappa shape index (κ3) is 5.93. The maximum Gasteiger partial charge on any atom is 0.262 e. The van der Waals surface area contributed by atoms with Gasteiger partial charge in [0.15, 0.2) is 6.61 Å². The fourth-order valence-electron chi connectivity index (χ4n) is 2.95. The van der Waals surface area contributed by atoms with E-state index in [0.717, 1.165) is 16.8 Å². The van der Waals surface area contributed by atoms with Gasteiger partial charge in [-0.25, -0.2) is 8.42 Å². The van der Waals surface area contributed by atoms with Gasteiger partial charge in [0.2, 0.25) is 0 Å². The zero-order valence-corrected chi connectivity index (χ0v) is 19.4. The van der Waals surface area contributed by atoms with E-state index in [9.17, 15) is 13.2 Å². The molecule has 0 saturated heterocycles. The number of halogens is 1. The van der Waals surface area contributed by atoms with Gasteiger partial charge in [-0.15, -0.1) is 0 Å². The Kier molecular flexibility index (Phi) is 7.27. The molecule has 3 rings (SSSR count). The van der Waals surface area contributed by atoms with Gasteiger partial charge < -0.3 is 14.8 Å². The van der Waals surface area contributed by atoms with E-state index in [0.29, 0.717) is 17.2 Å². The normalized spacial score (nSPS) is 11.0. The van der Waals surface area contributed by atoms with E-state index in [1.807, 2.05) is 32.0 Å². The summed E-state index contributed by atoms with van der Waals surface area (Å²) in [5, 5.41) is 3.08. The van der Waals surface area contributed by atoms with E-state index < -0.39 is 10.0 Å². The average molecular weight is 475 g/mol. The summed E-state index contributed by atoms with van der Waals surface area (Å²) in [7, 11) is -2.36. The molecule has 9 heteroatoms. The Morgan fingerprint density at radius 1 is 1.00 bits per heavy atom. The van der Waals surface area contributed by atoms with E-state index in [1.54, 1.807) is 12.1 Å². The molecule has 1 amide bonds. The van der Waals surface area contributed by atoms with Crippen LogP contribution in [0.3, 0.4) is 0 Å². The van der Waals surface area contributed by atoms with Gasteiger partial charge >= 0.3 is 0 Å². The first kappa shape index (κ1) is 23.4. The number of ether oxygens (including phenoxy) is 2. The Morgan fingerprint density at radius 2 is 1.72 bits per heavy atom. The number of anilines is 2. The molecule has 0 unspecified atom stereocenters. The number of aryl methyl sites for hydroxylation is 2. The molecular weight excluding hydrogens is 452 g/mol. The maximum atomic E-state index is 12.6. The molecule has 168 valence electrons. The summed E-state index contributed by atoms with van der Waals surface area (Å²) in [5.41, 5.74) is 3.09. The van der Waals surface area contributed by atoms with Crippen LogP contribution in [0.5, 0.6) is 11.5 Å². The molecule has 0 spiro atoms. The van der Waals surface area contributed by atoms with E-state index in [1.165, 1.54) is 37.4 Å². The van der Waals surface area contributed by atoms with Gasteiger partial charge in [-0.05, 0) is 67.9 Å². The Labute approximate surface area is 192 Å². The third-order valence-corrected chi connectivity index (χ3v) is 6.26. The van der Waals surface area contributed by atoms with Gasteiger partial charge in [0, 0.05) is 5.69 Å². The molecule has 0 aliphatic heterocycles. The second-order valence-electron chi connectivity index (χ2n) is 7.08. The monoisotopic (exact) mass is 474 g/mol. The highest BCUT2D eigenvalue weighted by molar-refractivity contribution is 7.92. The Balaban J connectivity index is 1.60. The number of hydrogen-bond donors (Lipinski definition) is 2. The van der Waals surface area contributed by atoms with Gasteiger partial charge in [0.1, 0.15) is 11.5 Å². The minimum absolute atomic E-state index is 0.0384. The molecule has 0 aliphatic carbocycles. The first-order chi connectivity index (χ1) is 15.2. The molecular formula is C23H23ClN2O5S. The second kappa shape index (κ2) is 9.93. The van der Waals surface area contributed by atoms with Gasteiger partial charge in [0.05, 0.1) is 22.7 Å². The van der Waals surface area contributed by atoms with Gasteiger partial charge in [-0.1, -0.05) is 29.3 Å². The number of hydrogen-bond acceptors (Lipinski definition) is 5. The van der Waals surface area contributed by atoms with Crippen LogP contribution < -0.4 is 19.5 Å². The first-order valence-electron chi connectivity index (χ1n) is 9.64. The molecule has 0 radical (unpaired) electrons. The smallest absolute Gasteiger partial charge is 0.262 e. The predicted molar refractivity (Wildman–Crippen MR) is 125 cm³/mol. The number of rotatable bonds is 8. The number of sulfonamides is 1. The number of carbonyl (C=O) groups is 1. The van der Waals surface area contributed by atoms with Crippen LogP contribution in [0.1, 0.15) is 11.1 Å². The lowest BCUT2D eigenvalue weighted by Gasteiger charge is -2.12. The largest absolute Gasteiger partial charge is 0.495 e. The van der Waals surface area contributed by atoms with Crippen molar-refractivity contribution in [1.82, 2.24) is 0 Å². The van der Waals surface area contributed by atoms with Crippen molar-refractivity contribution in [3.05, 3.63) is 76.8 Å². The standard InChI is InChI=1S/C23H23ClN2O5S/c1-15-4-10-21(16(2)12-15)25-23(27)14-31-18-6-8-19(9-7-18)32(28,29)26-17-5-11-22(30-3)20(24)13-17/h4-13,26H,14H2,1-3H3,(H,25,27). The summed E-state index contributed by atoms with van der Waals surface area (Å²) in [6.07, 6.45) is 0. The fraction of sp³-hybridized carbons (Fsp3) is 0.174. The summed E-state index contributed by atoms with van der Waals surface area (Å²) in [4.78, 5) is 12.2. The zero-order valence-electron chi connectivity index (χ0n) is 17.8. The maximum absolute atomic E-state index is 12.6. The third-order valence-electron chi connectivity index (χ3n) is 4.56. The van der Waals surface area contributed by atoms with Crippen molar-refractivity contribution in [2.45, 2.75) is 18.7 Å². The molecule has 32 heavy (non-hydrogen) atoms. The first-order valence-corrected chi connectivity index (χ1v) is 11.5. The summed E-state index contributed by atoms with van der Waals surface area (Å²) in [6, 6.07) is 16.1. The van der Waals surface area contributed by atoms with Crippen LogP contribution in [0.25, 0.3) is 0 Å². The van der Waals surface area contributed by atoms with Crippen molar-refractivity contribution < 1.29 is 22.7 Å². The molecule has 0 heterocycles. The highest BCUT2D eigenvalue weighted by atomic mass is 35.5. The van der Waals surface area contributed by atoms with Crippen LogP contribution in [-0.2, 0) is 14.8 Å². The molecule has 0 saturated carbocycles. The molecule has 3 aromatic rings. The molecule has 3 aromatic carbocycles. The highest BCUT2D eigenvalue weighted by Crippen LogP contribution is 2.28. The van der Waals surface area contributed by atoms with Crippen molar-refractivity contribution in [1.29, 1.82) is 0 Å². The quantitative estimate of drug-likeness (QED) is 0.490. The van der Waals surface area contributed by atoms with Crippen molar-refractivity contribution in [2.24, 2.45) is 0 Å². The minimum atomic E-state index is -3.83. The van der Waals surface area contributed by atoms with Gasteiger partial charge in [-0.3, -0.25) is 9.52 Å². The molecule has 0 aliphatic rings. The summed E-state index contributed by atoms with van der Waals surface area (Å²) in [5.74, 6) is 0.497. The highest BCUT2D eigenvalue weighted by Gasteiger charge is 2.15. The molecule has 2 N–H and O–H groups in total. The number of nitrogens with one attached hydrogen (secondary N) is 2. The average Bonchev–Trinajstić information content (AvgIpc) is 2.74. The summed E-state index contributed by atoms with van der Waals surface area (Å²) >= 11 is 6.04. The predicted octanol–water partition coefficient (Wildman–Crippen LogP) is 4.78. The lowest BCUT2D eigenvalue weighted by atomic mass is 10.1. The van der Waals surface area contributed by atoms with Crippen molar-refractivity contribution in [3.8, 4) is 11.5 Å². The van der Waals surface area contributed by atoms with Crippen LogP contribution in [0, 0.1) is 13.8 Å². The van der Waals surface area contributed by atoms with Crippen LogP contribution in [0.4, 0.5) is 11.4 Å². The van der Waals surface area contributed by atoms with E-state index in [4.69, 9.17) is 21.1 Å². The minimum Gasteiger partial charge on any atom is -0.495 e. The Bertz CT molecular complexity index is 1230. The lowest BCUT2D eigenvalue weighted by Crippen LogP contribution is -2.20. The van der Waals surface area contributed by atoms with Crippen molar-refractivity contribution in [2.75, 3.05) is 23.8 Å². The van der Waals surface area contributed by atoms with Crippen LogP contribution in [0.15, 0.2) is 65.6 Å². The fourth-order valence-corrected chi connectivity index (χ4v) is 4.26. The van der Waals surface area contributed by atoms with E-state index in [2.05, 4.69) is 10.0 Å². The Hall–Kier alpha value is -3.23. The zero-order chi connectivity index (χ0) is 23.3. The molecule has 0 atom stereocenters. The molecule has 7 nitrogen and oxygen atoms in total. The van der Waals surface area contributed by atoms with Crippen LogP contribution >= 0.6 is 11.6 Å². The summed E-state index contributed by atoms with van der Waals surface area (Å²) in [6.45, 7) is 3.69. The second-order valence-corrected chi connectivity index (χ2v) is 9.17. The van der Waals surface area contributed by atoms with E-state index >= 15 is 0 Å². The van der Waals surface area contributed by atoms with Gasteiger partial charge in [0.25, 0.3) is 15.9 Å². The van der Waals surface area contributed by atoms with Crippen LogP contribution in [0.2, 0.25) is 5.02 Å². The molecule has 0 bridgehead atoms. The number of amides is 1. The number of methoxy groups -OCH3 is 1. The van der Waals surface area contributed by atoms with Crippen molar-refractivity contribution in [3.63, 3.8) is 0 Å². The van der Waals surface area contributed by atoms with E-state index in [-0.39, 0.29) is 22.4 Å². The summed E-state index contributed by atoms with van der Waals surface area (Å²) < 4.78 is 38.2. The van der Waals surface area contributed by atoms with Crippen molar-refractivity contribution >= 4 is 38.9 Å². The number of benzene rings is 3. The SMILES string of the molecule is COc1ccc(NS(=O)(=O)c2ccc(OCC(=O)Nc3ccc(C)cc3C)cc2)cc1Cl. The number of carbonyl (C=O) groups excluding carboxylic acids is 1. The topological polar surface area (TPSA) is 93.7 Å². The molecule has 0 fully saturated rings. The molecule has 0 aromatic heterocycles.